The van der Waals surface area contributed by atoms with Gasteiger partial charge in [0.05, 0.1) is 14.4 Å². The van der Waals surface area contributed by atoms with Crippen LogP contribution >= 0.6 is 23.5 Å². The molecule has 0 amide bonds. The molecule has 0 bridgehead atoms. The Morgan fingerprint density at radius 1 is 1.00 bits per heavy atom. The SMILES string of the molecule is CC(=O)OC1C(COP(=O)([O-])OP(=O)([O-])OP(=O)([O-])[O-])OC(n2ccc(=O)[nH]c2=O)C1OC(C)=O. The second kappa shape index (κ2) is 10.9. The minimum atomic E-state index is -6.25. The van der Waals surface area contributed by atoms with Gasteiger partial charge in [-0.25, -0.2) is 9.11 Å². The lowest BCUT2D eigenvalue weighted by molar-refractivity contribution is -0.339. The highest BCUT2D eigenvalue weighted by atomic mass is 31.3. The highest BCUT2D eigenvalue weighted by Gasteiger charge is 2.51. The Balaban J connectivity index is 2.32. The quantitative estimate of drug-likeness (QED) is 0.210. The number of carbonyl (C=O) groups is 2. The van der Waals surface area contributed by atoms with Gasteiger partial charge in [-0.3, -0.25) is 37.4 Å². The van der Waals surface area contributed by atoms with Crippen LogP contribution in [-0.2, 0) is 50.6 Å². The van der Waals surface area contributed by atoms with Crippen molar-refractivity contribution in [3.05, 3.63) is 33.1 Å². The van der Waals surface area contributed by atoms with Crippen molar-refractivity contribution in [3.8, 4) is 0 Å². The summed E-state index contributed by atoms with van der Waals surface area (Å²) in [6, 6.07) is 0.885. The first kappa shape index (κ1) is 29.2. The van der Waals surface area contributed by atoms with E-state index in [-0.39, 0.29) is 0 Å². The number of nitrogens with zero attached hydrogens (tertiary/aromatic N) is 1. The first-order chi connectivity index (χ1) is 15.9. The van der Waals surface area contributed by atoms with Crippen LogP contribution in [0.4, 0.5) is 0 Å². The Kier molecular flexibility index (Phi) is 9.14. The Labute approximate surface area is 194 Å². The van der Waals surface area contributed by atoms with E-state index < -0.39 is 77.8 Å². The minimum absolute atomic E-state index is 0.707. The number of esters is 2. The number of rotatable bonds is 10. The average Bonchev–Trinajstić information content (AvgIpc) is 2.93. The third-order valence-corrected chi connectivity index (χ3v) is 7.48. The molecule has 1 aromatic rings. The van der Waals surface area contributed by atoms with E-state index in [0.717, 1.165) is 26.1 Å². The van der Waals surface area contributed by atoms with E-state index in [4.69, 9.17) is 14.2 Å². The zero-order chi connectivity index (χ0) is 26.8. The van der Waals surface area contributed by atoms with Gasteiger partial charge in [0.15, 0.2) is 18.4 Å². The Bertz CT molecular complexity index is 1220. The normalized spacial score (nSPS) is 25.9. The van der Waals surface area contributed by atoms with E-state index in [1.807, 2.05) is 4.98 Å². The molecule has 198 valence electrons. The van der Waals surface area contributed by atoms with Gasteiger partial charge in [0.25, 0.3) is 21.2 Å². The Morgan fingerprint density at radius 2 is 1.57 bits per heavy atom. The maximum atomic E-state index is 12.2. The van der Waals surface area contributed by atoms with Crippen molar-refractivity contribution in [2.75, 3.05) is 6.61 Å². The number of carbonyl (C=O) groups excluding carboxylic acids is 2. The predicted molar refractivity (Wildman–Crippen MR) is 97.3 cm³/mol. The van der Waals surface area contributed by atoms with Crippen LogP contribution in [0.1, 0.15) is 20.1 Å². The van der Waals surface area contributed by atoms with Crippen molar-refractivity contribution in [1.29, 1.82) is 0 Å². The van der Waals surface area contributed by atoms with Crippen LogP contribution in [-0.4, -0.2) is 46.4 Å². The van der Waals surface area contributed by atoms with Crippen LogP contribution in [0.5, 0.6) is 0 Å². The van der Waals surface area contributed by atoms with Crippen LogP contribution < -0.4 is 30.8 Å². The molecule has 6 atom stereocenters. The lowest BCUT2D eigenvalue weighted by atomic mass is 10.1. The van der Waals surface area contributed by atoms with E-state index in [2.05, 4.69) is 13.1 Å². The molecular weight excluding hydrogens is 549 g/mol. The van der Waals surface area contributed by atoms with Gasteiger partial charge >= 0.3 is 17.6 Å². The first-order valence-corrected chi connectivity index (χ1v) is 13.3. The maximum Gasteiger partial charge on any atom is 0.330 e. The predicted octanol–water partition coefficient (Wildman–Crippen LogP) is -3.89. The molecule has 1 fully saturated rings. The van der Waals surface area contributed by atoms with Crippen molar-refractivity contribution >= 4 is 35.4 Å². The number of aromatic amines is 1. The molecule has 1 aliphatic rings. The number of H-pyrrole nitrogens is 1. The third-order valence-electron chi connectivity index (χ3n) is 3.81. The Hall–Kier alpha value is -2.01. The van der Waals surface area contributed by atoms with Crippen LogP contribution in [0.25, 0.3) is 0 Å². The van der Waals surface area contributed by atoms with Crippen LogP contribution in [0, 0.1) is 0 Å². The molecule has 2 heterocycles. The highest BCUT2D eigenvalue weighted by Crippen LogP contribution is 2.60. The van der Waals surface area contributed by atoms with Gasteiger partial charge in [0.1, 0.15) is 6.10 Å². The minimum Gasteiger partial charge on any atom is -0.790 e. The lowest BCUT2D eigenvalue weighted by Gasteiger charge is -2.37. The summed E-state index contributed by atoms with van der Waals surface area (Å²) in [6.07, 6.45) is -5.64. The molecule has 1 saturated heterocycles. The summed E-state index contributed by atoms with van der Waals surface area (Å²) in [5.74, 6) is -1.95. The molecule has 1 aliphatic heterocycles. The van der Waals surface area contributed by atoms with E-state index >= 15 is 0 Å². The molecule has 0 aliphatic carbocycles. The van der Waals surface area contributed by atoms with Crippen molar-refractivity contribution in [3.63, 3.8) is 0 Å². The maximum absolute atomic E-state index is 12.2. The smallest absolute Gasteiger partial charge is 0.330 e. The lowest BCUT2D eigenvalue weighted by Crippen LogP contribution is -2.42. The highest BCUT2D eigenvalue weighted by molar-refractivity contribution is 7.64. The molecule has 2 rings (SSSR count). The summed E-state index contributed by atoms with van der Waals surface area (Å²) >= 11 is 0. The number of aromatic nitrogens is 2. The van der Waals surface area contributed by atoms with E-state index in [1.165, 1.54) is 0 Å². The zero-order valence-electron chi connectivity index (χ0n) is 17.4. The first-order valence-electron chi connectivity index (χ1n) is 8.92. The molecule has 1 aromatic heterocycles. The fourth-order valence-corrected chi connectivity index (χ4v) is 5.66. The van der Waals surface area contributed by atoms with Crippen LogP contribution in [0.2, 0.25) is 0 Å². The second-order valence-electron chi connectivity index (χ2n) is 6.53. The summed E-state index contributed by atoms with van der Waals surface area (Å²) in [7, 11) is -18.4. The molecule has 0 spiro atoms. The molecule has 1 N–H and O–H groups in total. The fourth-order valence-electron chi connectivity index (χ4n) is 2.79. The van der Waals surface area contributed by atoms with Crippen molar-refractivity contribution in [2.45, 2.75) is 38.4 Å². The number of nitrogens with one attached hydrogen (secondary N) is 1. The summed E-state index contributed by atoms with van der Waals surface area (Å²) in [4.78, 5) is 92.4. The van der Waals surface area contributed by atoms with Gasteiger partial charge in [-0.2, -0.15) is 0 Å². The van der Waals surface area contributed by atoms with Crippen LogP contribution in [0.15, 0.2) is 21.9 Å². The topological polar surface area (TPSA) is 288 Å². The van der Waals surface area contributed by atoms with Gasteiger partial charge in [0.2, 0.25) is 0 Å². The summed E-state index contributed by atoms with van der Waals surface area (Å²) in [5.41, 5.74) is -1.87. The molecule has 0 aromatic carbocycles. The zero-order valence-corrected chi connectivity index (χ0v) is 20.1. The number of phosphoric acid groups is 3. The molecule has 0 saturated carbocycles. The largest absolute Gasteiger partial charge is 0.790 e. The fraction of sp³-hybridized carbons (Fsp3) is 0.538. The molecule has 0 radical (unpaired) electrons. The summed E-state index contributed by atoms with van der Waals surface area (Å²) < 4.78 is 60.4. The molecule has 19 nitrogen and oxygen atoms in total. The standard InChI is InChI=1S/C13H19N2O17P3/c1-6(16)28-10-8(5-27-34(23,24)32-35(25,26)31-33(20,21)22)30-12(11(10)29-7(2)17)15-4-3-9(18)14-13(15)19/h3-4,8,10-12H,5H2,1-2H3,(H,23,24)(H,25,26)(H,14,18,19)(H2,20,21,22)/p-4. The van der Waals surface area contributed by atoms with E-state index in [9.17, 15) is 52.4 Å². The Morgan fingerprint density at radius 3 is 2.09 bits per heavy atom. The van der Waals surface area contributed by atoms with Gasteiger partial charge in [-0.05, 0) is 0 Å². The van der Waals surface area contributed by atoms with Gasteiger partial charge in [-0.15, -0.1) is 0 Å². The summed E-state index contributed by atoms with van der Waals surface area (Å²) in [6.45, 7) is 0.647. The number of hydrogen-bond acceptors (Lipinski definition) is 17. The second-order valence-corrected chi connectivity index (χ2v) is 10.8. The van der Waals surface area contributed by atoms with Crippen LogP contribution in [0.3, 0.4) is 0 Å². The van der Waals surface area contributed by atoms with E-state index in [0.29, 0.717) is 4.57 Å². The van der Waals surface area contributed by atoms with Crippen molar-refractivity contribution < 1.29 is 70.2 Å². The molecule has 6 unspecified atom stereocenters. The van der Waals surface area contributed by atoms with E-state index in [1.54, 1.807) is 0 Å². The summed E-state index contributed by atoms with van der Waals surface area (Å²) in [5, 5.41) is 0. The van der Waals surface area contributed by atoms with Gasteiger partial charge in [0, 0.05) is 26.1 Å². The van der Waals surface area contributed by atoms with Crippen molar-refractivity contribution in [2.24, 2.45) is 0 Å². The van der Waals surface area contributed by atoms with Gasteiger partial charge < -0.3 is 42.9 Å². The third kappa shape index (κ3) is 8.86. The molecule has 35 heavy (non-hydrogen) atoms. The van der Waals surface area contributed by atoms with Crippen molar-refractivity contribution in [1.82, 2.24) is 9.55 Å². The average molecular weight is 564 g/mol. The number of hydrogen-bond donors (Lipinski definition) is 1. The molecule has 22 heteroatoms. The molecular formula is C13H15N2O17P3-4. The number of phosphoric ester groups is 1. The number of ether oxygens (including phenoxy) is 3. The van der Waals surface area contributed by atoms with Gasteiger partial charge in [-0.1, -0.05) is 0 Å². The monoisotopic (exact) mass is 564 g/mol.